The second-order valence-electron chi connectivity index (χ2n) is 4.53. The Morgan fingerprint density at radius 3 is 2.62 bits per heavy atom. The van der Waals surface area contributed by atoms with Crippen LogP contribution in [-0.4, -0.2) is 24.6 Å². The van der Waals surface area contributed by atoms with Crippen LogP contribution < -0.4 is 5.56 Å². The molecule has 0 atom stereocenters. The van der Waals surface area contributed by atoms with Crippen molar-refractivity contribution in [2.24, 2.45) is 0 Å². The zero-order valence-corrected chi connectivity index (χ0v) is 10.9. The minimum Gasteiger partial charge on any atom is -0.493 e. The number of hydrogen-bond acceptors (Lipinski definition) is 5. The quantitative estimate of drug-likeness (QED) is 0.548. The molecule has 0 amide bonds. The van der Waals surface area contributed by atoms with Crippen LogP contribution in [0, 0.1) is 17.0 Å². The fraction of sp³-hybridized carbons (Fsp3) is 0.0769. The molecule has 3 rings (SSSR count). The SMILES string of the molecule is Cc1c(O)n2ncc(-c3ccc([N+](=O)[O-])cc3)c2[nH]c1=O. The smallest absolute Gasteiger partial charge is 0.269 e. The van der Waals surface area contributed by atoms with Crippen molar-refractivity contribution in [3.63, 3.8) is 0 Å². The second-order valence-corrected chi connectivity index (χ2v) is 4.53. The molecule has 0 bridgehead atoms. The van der Waals surface area contributed by atoms with Crippen LogP contribution >= 0.6 is 0 Å². The van der Waals surface area contributed by atoms with Gasteiger partial charge in [-0.1, -0.05) is 0 Å². The molecule has 2 N–H and O–H groups in total. The van der Waals surface area contributed by atoms with Crippen molar-refractivity contribution in [1.82, 2.24) is 14.6 Å². The molecule has 0 spiro atoms. The van der Waals surface area contributed by atoms with Crippen molar-refractivity contribution < 1.29 is 10.0 Å². The van der Waals surface area contributed by atoms with E-state index < -0.39 is 10.5 Å². The number of H-pyrrole nitrogens is 1. The van der Waals surface area contributed by atoms with Gasteiger partial charge in [0, 0.05) is 17.7 Å². The van der Waals surface area contributed by atoms with Gasteiger partial charge in [0.15, 0.2) is 0 Å². The van der Waals surface area contributed by atoms with Gasteiger partial charge in [0.2, 0.25) is 5.88 Å². The number of aromatic nitrogens is 3. The van der Waals surface area contributed by atoms with Crippen molar-refractivity contribution in [3.8, 4) is 17.0 Å². The van der Waals surface area contributed by atoms with Crippen LogP contribution in [0.5, 0.6) is 5.88 Å². The van der Waals surface area contributed by atoms with Gasteiger partial charge in [-0.3, -0.25) is 14.9 Å². The lowest BCUT2D eigenvalue weighted by molar-refractivity contribution is -0.384. The first-order valence-electron chi connectivity index (χ1n) is 6.03. The number of nitro benzene ring substituents is 1. The van der Waals surface area contributed by atoms with Crippen molar-refractivity contribution in [1.29, 1.82) is 0 Å². The fourth-order valence-electron chi connectivity index (χ4n) is 2.06. The van der Waals surface area contributed by atoms with Crippen LogP contribution in [0.15, 0.2) is 35.3 Å². The van der Waals surface area contributed by atoms with Crippen LogP contribution in [0.25, 0.3) is 16.8 Å². The van der Waals surface area contributed by atoms with Crippen LogP contribution in [0.3, 0.4) is 0 Å². The zero-order chi connectivity index (χ0) is 15.1. The molecule has 3 aromatic rings. The van der Waals surface area contributed by atoms with E-state index >= 15 is 0 Å². The summed E-state index contributed by atoms with van der Waals surface area (Å²) in [7, 11) is 0. The molecule has 0 aliphatic carbocycles. The maximum absolute atomic E-state index is 11.7. The summed E-state index contributed by atoms with van der Waals surface area (Å²) >= 11 is 0. The van der Waals surface area contributed by atoms with Crippen molar-refractivity contribution >= 4 is 11.3 Å². The predicted molar refractivity (Wildman–Crippen MR) is 74.3 cm³/mol. The molecule has 1 aromatic carbocycles. The van der Waals surface area contributed by atoms with Crippen molar-refractivity contribution in [3.05, 3.63) is 56.5 Å². The highest BCUT2D eigenvalue weighted by Gasteiger charge is 2.14. The van der Waals surface area contributed by atoms with Gasteiger partial charge in [-0.2, -0.15) is 9.61 Å². The minimum atomic E-state index is -0.489. The van der Waals surface area contributed by atoms with Gasteiger partial charge >= 0.3 is 0 Å². The number of non-ortho nitro benzene ring substituents is 1. The maximum Gasteiger partial charge on any atom is 0.269 e. The third-order valence-corrected chi connectivity index (χ3v) is 3.27. The van der Waals surface area contributed by atoms with E-state index in [1.54, 1.807) is 12.1 Å². The van der Waals surface area contributed by atoms with Crippen LogP contribution in [0.1, 0.15) is 5.56 Å². The Labute approximate surface area is 117 Å². The molecule has 2 aromatic heterocycles. The average molecular weight is 286 g/mol. The van der Waals surface area contributed by atoms with Gasteiger partial charge < -0.3 is 10.1 Å². The number of rotatable bonds is 2. The lowest BCUT2D eigenvalue weighted by atomic mass is 10.1. The number of aromatic hydroxyl groups is 1. The first kappa shape index (κ1) is 12.9. The molecule has 21 heavy (non-hydrogen) atoms. The van der Waals surface area contributed by atoms with E-state index in [2.05, 4.69) is 10.1 Å². The highest BCUT2D eigenvalue weighted by atomic mass is 16.6. The van der Waals surface area contributed by atoms with E-state index in [1.807, 2.05) is 0 Å². The van der Waals surface area contributed by atoms with E-state index in [0.29, 0.717) is 16.8 Å². The van der Waals surface area contributed by atoms with Crippen LogP contribution in [-0.2, 0) is 0 Å². The standard InChI is InChI=1S/C13H10N4O4/c1-7-12(18)15-11-10(6-14-16(11)13(7)19)8-2-4-9(5-3-8)17(20)21/h2-6,19H,1H3,(H,15,18). The highest BCUT2D eigenvalue weighted by molar-refractivity contribution is 5.77. The summed E-state index contributed by atoms with van der Waals surface area (Å²) in [6.45, 7) is 1.49. The fourth-order valence-corrected chi connectivity index (χ4v) is 2.06. The van der Waals surface area contributed by atoms with Crippen molar-refractivity contribution in [2.75, 3.05) is 0 Å². The van der Waals surface area contributed by atoms with Crippen molar-refractivity contribution in [2.45, 2.75) is 6.92 Å². The number of benzene rings is 1. The third kappa shape index (κ3) is 1.93. The maximum atomic E-state index is 11.7. The number of hydrogen-bond donors (Lipinski definition) is 2. The van der Waals surface area contributed by atoms with Crippen LogP contribution in [0.2, 0.25) is 0 Å². The zero-order valence-electron chi connectivity index (χ0n) is 10.9. The third-order valence-electron chi connectivity index (χ3n) is 3.27. The van der Waals surface area contributed by atoms with E-state index in [9.17, 15) is 20.0 Å². The molecule has 0 aliphatic rings. The second kappa shape index (κ2) is 4.44. The molecule has 0 saturated heterocycles. The van der Waals surface area contributed by atoms with E-state index in [0.717, 1.165) is 0 Å². The topological polar surface area (TPSA) is 114 Å². The average Bonchev–Trinajstić information content (AvgIpc) is 2.88. The van der Waals surface area contributed by atoms with Gasteiger partial charge in [0.25, 0.3) is 11.2 Å². The summed E-state index contributed by atoms with van der Waals surface area (Å²) in [6, 6.07) is 5.85. The predicted octanol–water partition coefficient (Wildman–Crippen LogP) is 1.61. The molecule has 0 radical (unpaired) electrons. The number of nitrogens with one attached hydrogen (secondary N) is 1. The lowest BCUT2D eigenvalue weighted by Crippen LogP contribution is -2.12. The Morgan fingerprint density at radius 1 is 1.33 bits per heavy atom. The Hall–Kier alpha value is -3.16. The first-order valence-corrected chi connectivity index (χ1v) is 6.03. The number of nitro groups is 1. The van der Waals surface area contributed by atoms with E-state index in [1.165, 1.54) is 29.8 Å². The number of fused-ring (bicyclic) bond motifs is 1. The normalized spacial score (nSPS) is 10.9. The Kier molecular flexibility index (Phi) is 2.72. The summed E-state index contributed by atoms with van der Waals surface area (Å²) in [6.07, 6.45) is 1.48. The largest absolute Gasteiger partial charge is 0.493 e. The number of aromatic amines is 1. The molecule has 2 heterocycles. The lowest BCUT2D eigenvalue weighted by Gasteiger charge is -2.03. The molecule has 0 aliphatic heterocycles. The van der Waals surface area contributed by atoms with E-state index in [-0.39, 0.29) is 17.1 Å². The summed E-state index contributed by atoms with van der Waals surface area (Å²) in [5.41, 5.74) is 1.27. The molecule has 0 unspecified atom stereocenters. The van der Waals surface area contributed by atoms with Gasteiger partial charge in [-0.15, -0.1) is 0 Å². The molecule has 8 heteroatoms. The summed E-state index contributed by atoms with van der Waals surface area (Å²) < 4.78 is 1.22. The molecular formula is C13H10N4O4. The number of nitrogens with zero attached hydrogens (tertiary/aromatic N) is 3. The van der Waals surface area contributed by atoms with Gasteiger partial charge in [-0.25, -0.2) is 0 Å². The Bertz CT molecular complexity index is 908. The summed E-state index contributed by atoms with van der Waals surface area (Å²) in [4.78, 5) is 24.5. The molecule has 106 valence electrons. The Morgan fingerprint density at radius 2 is 2.00 bits per heavy atom. The van der Waals surface area contributed by atoms with Crippen LogP contribution in [0.4, 0.5) is 5.69 Å². The highest BCUT2D eigenvalue weighted by Crippen LogP contribution is 2.26. The van der Waals surface area contributed by atoms with Gasteiger partial charge in [0.05, 0.1) is 16.7 Å². The minimum absolute atomic E-state index is 0.0255. The molecular weight excluding hydrogens is 276 g/mol. The monoisotopic (exact) mass is 286 g/mol. The van der Waals surface area contributed by atoms with Gasteiger partial charge in [0.1, 0.15) is 5.65 Å². The Balaban J connectivity index is 2.21. The molecule has 0 saturated carbocycles. The molecule has 8 nitrogen and oxygen atoms in total. The first-order chi connectivity index (χ1) is 9.99. The van der Waals surface area contributed by atoms with Gasteiger partial charge in [-0.05, 0) is 24.6 Å². The van der Waals surface area contributed by atoms with E-state index in [4.69, 9.17) is 0 Å². The summed E-state index contributed by atoms with van der Waals surface area (Å²) in [5, 5.41) is 24.6. The summed E-state index contributed by atoms with van der Waals surface area (Å²) in [5.74, 6) is -0.234. The molecule has 0 fully saturated rings.